The Kier molecular flexibility index (Phi) is 2.55. The van der Waals surface area contributed by atoms with Crippen molar-refractivity contribution >= 4 is 11.8 Å². The summed E-state index contributed by atoms with van der Waals surface area (Å²) in [6.07, 6.45) is 15.9. The minimum Gasteiger partial charge on any atom is -0.458 e. The van der Waals surface area contributed by atoms with Crippen LogP contribution in [0.2, 0.25) is 0 Å². The zero-order valence-electron chi connectivity index (χ0n) is 16.8. The number of esters is 1. The van der Waals surface area contributed by atoms with Crippen LogP contribution >= 0.6 is 0 Å². The monoisotopic (exact) mass is 376 g/mol. The van der Waals surface area contributed by atoms with Crippen LogP contribution in [0.15, 0.2) is 35.5 Å². The van der Waals surface area contributed by atoms with Gasteiger partial charge in [-0.15, -0.1) is 0 Å². The van der Waals surface area contributed by atoms with Crippen LogP contribution in [-0.4, -0.2) is 17.4 Å². The summed E-state index contributed by atoms with van der Waals surface area (Å²) in [7, 11) is 0. The van der Waals surface area contributed by atoms with E-state index in [4.69, 9.17) is 4.74 Å². The normalized spacial score (nSPS) is 53.8. The third kappa shape index (κ3) is 1.56. The van der Waals surface area contributed by atoms with Gasteiger partial charge in [0.15, 0.2) is 5.78 Å². The van der Waals surface area contributed by atoms with E-state index in [0.29, 0.717) is 24.2 Å². The average molecular weight is 376 g/mol. The van der Waals surface area contributed by atoms with Crippen LogP contribution in [0, 0.1) is 39.9 Å². The molecule has 0 N–H and O–H groups in total. The van der Waals surface area contributed by atoms with Crippen molar-refractivity contribution in [3.63, 3.8) is 0 Å². The summed E-state index contributed by atoms with van der Waals surface area (Å²) in [5, 5.41) is 0. The second-order valence-electron chi connectivity index (χ2n) is 11.3. The molecule has 3 heteroatoms. The second kappa shape index (κ2) is 4.42. The van der Waals surface area contributed by atoms with E-state index in [1.165, 1.54) is 31.3 Å². The molecule has 7 aliphatic rings. The Morgan fingerprint density at radius 2 is 1.96 bits per heavy atom. The van der Waals surface area contributed by atoms with E-state index in [-0.39, 0.29) is 33.6 Å². The predicted molar refractivity (Wildman–Crippen MR) is 104 cm³/mol. The first-order valence-corrected chi connectivity index (χ1v) is 11.2. The Morgan fingerprint density at radius 3 is 2.68 bits per heavy atom. The topological polar surface area (TPSA) is 43.4 Å². The van der Waals surface area contributed by atoms with E-state index in [1.54, 1.807) is 11.6 Å². The van der Waals surface area contributed by atoms with Crippen LogP contribution < -0.4 is 0 Å². The first-order chi connectivity index (χ1) is 13.3. The van der Waals surface area contributed by atoms with E-state index < -0.39 is 0 Å². The number of carbonyl (C=O) groups excluding carboxylic acids is 2. The summed E-state index contributed by atoms with van der Waals surface area (Å²) < 4.78 is 6.19. The van der Waals surface area contributed by atoms with Gasteiger partial charge in [0, 0.05) is 23.2 Å². The molecular formula is C25H28O3. The van der Waals surface area contributed by atoms with Crippen LogP contribution in [0.3, 0.4) is 0 Å². The lowest BCUT2D eigenvalue weighted by molar-refractivity contribution is -0.166. The fourth-order valence-corrected chi connectivity index (χ4v) is 8.92. The standard InChI is InChI=1S/C25H28O3/c1-22-6-3-14(26)11-19(22)24(9-10-24)13-16-17(22)4-7-23(2)21(16)15-12-18(15)25(23)8-5-20(27)28-25/h3-4,6,11,15-16,18,21H,5,7-10,12-13H2,1-2H3/t15?,16?,18?,21?,22-,23+,25+/m1/s1. The number of ether oxygens (including phenoxy) is 1. The largest absolute Gasteiger partial charge is 0.458 e. The van der Waals surface area contributed by atoms with Gasteiger partial charge in [-0.1, -0.05) is 24.6 Å². The Bertz CT molecular complexity index is 949. The SMILES string of the molecule is C[C@]12C=CC(=O)C=C1C1(CC1)CC1C2=CC[C@@]2(C)C1C1CC1[C@@]21CCC(=O)O1. The lowest BCUT2D eigenvalue weighted by Crippen LogP contribution is -2.54. The van der Waals surface area contributed by atoms with Gasteiger partial charge >= 0.3 is 5.97 Å². The summed E-state index contributed by atoms with van der Waals surface area (Å²) in [5.74, 6) is 2.71. The van der Waals surface area contributed by atoms with E-state index in [2.05, 4.69) is 26.0 Å². The molecule has 4 saturated carbocycles. The van der Waals surface area contributed by atoms with E-state index in [0.717, 1.165) is 18.8 Å². The number of carbonyl (C=O) groups is 2. The number of hydrogen-bond acceptors (Lipinski definition) is 3. The number of ketones is 1. The molecule has 1 saturated heterocycles. The molecule has 0 aromatic carbocycles. The van der Waals surface area contributed by atoms with Crippen molar-refractivity contribution in [2.75, 3.05) is 0 Å². The molecule has 7 atom stereocenters. The van der Waals surface area contributed by atoms with Gasteiger partial charge in [0.1, 0.15) is 5.60 Å². The maximum Gasteiger partial charge on any atom is 0.306 e. The molecule has 3 nitrogen and oxygen atoms in total. The first-order valence-electron chi connectivity index (χ1n) is 11.2. The van der Waals surface area contributed by atoms with Gasteiger partial charge in [0.05, 0.1) is 0 Å². The Morgan fingerprint density at radius 1 is 1.14 bits per heavy atom. The highest BCUT2D eigenvalue weighted by Crippen LogP contribution is 2.80. The van der Waals surface area contributed by atoms with Crippen LogP contribution in [-0.2, 0) is 14.3 Å². The van der Waals surface area contributed by atoms with Gasteiger partial charge in [-0.25, -0.2) is 0 Å². The molecule has 2 spiro atoms. The van der Waals surface area contributed by atoms with Crippen LogP contribution in [0.5, 0.6) is 0 Å². The molecule has 0 radical (unpaired) electrons. The number of fused-ring (bicyclic) bond motifs is 10. The number of allylic oxidation sites excluding steroid dienone is 6. The Balaban J connectivity index is 1.39. The molecule has 0 bridgehead atoms. The fourth-order valence-electron chi connectivity index (χ4n) is 8.92. The highest BCUT2D eigenvalue weighted by molar-refractivity contribution is 6.01. The van der Waals surface area contributed by atoms with Crippen molar-refractivity contribution < 1.29 is 14.3 Å². The van der Waals surface area contributed by atoms with E-state index in [1.807, 2.05) is 6.08 Å². The molecule has 1 aliphatic heterocycles. The second-order valence-corrected chi connectivity index (χ2v) is 11.3. The molecule has 4 unspecified atom stereocenters. The highest BCUT2D eigenvalue weighted by atomic mass is 16.6. The van der Waals surface area contributed by atoms with Crippen LogP contribution in [0.1, 0.15) is 58.8 Å². The molecule has 6 aliphatic carbocycles. The van der Waals surface area contributed by atoms with Gasteiger partial charge in [0.25, 0.3) is 0 Å². The summed E-state index contributed by atoms with van der Waals surface area (Å²) in [5.41, 5.74) is 3.01. The van der Waals surface area contributed by atoms with Crippen molar-refractivity contribution in [1.82, 2.24) is 0 Å². The predicted octanol–water partition coefficient (Wildman–Crippen LogP) is 4.54. The van der Waals surface area contributed by atoms with Crippen molar-refractivity contribution in [3.05, 3.63) is 35.5 Å². The van der Waals surface area contributed by atoms with Gasteiger partial charge in [-0.05, 0) is 86.3 Å². The molecule has 7 rings (SSSR count). The molecule has 0 aromatic heterocycles. The van der Waals surface area contributed by atoms with Crippen LogP contribution in [0.4, 0.5) is 0 Å². The molecule has 0 aromatic rings. The lowest BCUT2D eigenvalue weighted by Gasteiger charge is -2.57. The summed E-state index contributed by atoms with van der Waals surface area (Å²) in [6.45, 7) is 4.79. The smallest absolute Gasteiger partial charge is 0.306 e. The van der Waals surface area contributed by atoms with Gasteiger partial charge in [-0.3, -0.25) is 9.59 Å². The fraction of sp³-hybridized carbons (Fsp3) is 0.680. The van der Waals surface area contributed by atoms with Crippen LogP contribution in [0.25, 0.3) is 0 Å². The zero-order chi connectivity index (χ0) is 19.1. The Hall–Kier alpha value is -1.64. The van der Waals surface area contributed by atoms with Crippen molar-refractivity contribution in [2.24, 2.45) is 39.9 Å². The first kappa shape index (κ1) is 16.2. The quantitative estimate of drug-likeness (QED) is 0.461. The molecule has 28 heavy (non-hydrogen) atoms. The van der Waals surface area contributed by atoms with Gasteiger partial charge < -0.3 is 4.74 Å². The third-order valence-corrected chi connectivity index (χ3v) is 10.2. The van der Waals surface area contributed by atoms with E-state index in [9.17, 15) is 9.59 Å². The summed E-state index contributed by atoms with van der Waals surface area (Å²) >= 11 is 0. The maximum absolute atomic E-state index is 12.2. The van der Waals surface area contributed by atoms with Crippen molar-refractivity contribution in [2.45, 2.75) is 64.4 Å². The number of hydrogen-bond donors (Lipinski definition) is 0. The molecule has 5 fully saturated rings. The maximum atomic E-state index is 12.2. The minimum atomic E-state index is -0.201. The summed E-state index contributed by atoms with van der Waals surface area (Å²) in [4.78, 5) is 24.4. The van der Waals surface area contributed by atoms with Gasteiger partial charge in [-0.2, -0.15) is 0 Å². The molecular weight excluding hydrogens is 348 g/mol. The number of rotatable bonds is 0. The van der Waals surface area contributed by atoms with Crippen molar-refractivity contribution in [3.8, 4) is 0 Å². The zero-order valence-corrected chi connectivity index (χ0v) is 16.8. The third-order valence-electron chi connectivity index (χ3n) is 10.2. The lowest BCUT2D eigenvalue weighted by atomic mass is 9.47. The molecule has 0 amide bonds. The summed E-state index contributed by atoms with van der Waals surface area (Å²) in [6, 6.07) is 0. The molecule has 1 heterocycles. The Labute approximate surface area is 166 Å². The van der Waals surface area contributed by atoms with Gasteiger partial charge in [0.2, 0.25) is 0 Å². The van der Waals surface area contributed by atoms with Crippen molar-refractivity contribution in [1.29, 1.82) is 0 Å². The minimum absolute atomic E-state index is 0.0236. The molecule has 146 valence electrons. The van der Waals surface area contributed by atoms with E-state index >= 15 is 0 Å². The average Bonchev–Trinajstić information content (AvgIpc) is 3.55. The highest BCUT2D eigenvalue weighted by Gasteiger charge is 2.79.